The van der Waals surface area contributed by atoms with Gasteiger partial charge in [0.05, 0.1) is 11.0 Å². The van der Waals surface area contributed by atoms with Gasteiger partial charge in [0.1, 0.15) is 6.10 Å². The van der Waals surface area contributed by atoms with Crippen molar-refractivity contribution in [1.29, 1.82) is 0 Å². The number of benzene rings is 1. The van der Waals surface area contributed by atoms with Crippen molar-refractivity contribution in [2.75, 3.05) is 6.54 Å². The zero-order valence-corrected chi connectivity index (χ0v) is 11.5. The van der Waals surface area contributed by atoms with E-state index in [0.717, 1.165) is 18.0 Å². The average Bonchev–Trinajstić information content (AvgIpc) is 2.83. The Kier molecular flexibility index (Phi) is 3.11. The number of hydrogen-bond acceptors (Lipinski definition) is 3. The van der Waals surface area contributed by atoms with E-state index in [1.807, 2.05) is 25.1 Å². The Morgan fingerprint density at radius 1 is 1.42 bits per heavy atom. The van der Waals surface area contributed by atoms with Crippen molar-refractivity contribution in [3.05, 3.63) is 47.5 Å². The SMILES string of the molecule is CC(=S)N1CCc2ccccc2[C@@H]1[C@@H]1C=CC(=O)O1. The van der Waals surface area contributed by atoms with E-state index in [2.05, 4.69) is 17.0 Å². The Morgan fingerprint density at radius 2 is 2.21 bits per heavy atom. The molecule has 4 heteroatoms. The standard InChI is InChI=1S/C15H15NO2S/c1-10(19)16-9-8-11-4-2-3-5-12(11)15(16)13-6-7-14(17)18-13/h2-7,13,15H,8-9H2,1H3/t13-,15+/m0/s1. The molecular weight excluding hydrogens is 258 g/mol. The molecule has 0 spiro atoms. The van der Waals surface area contributed by atoms with Crippen LogP contribution in [0.2, 0.25) is 0 Å². The molecule has 0 unspecified atom stereocenters. The average molecular weight is 273 g/mol. The molecule has 0 radical (unpaired) electrons. The summed E-state index contributed by atoms with van der Waals surface area (Å²) in [5.41, 5.74) is 2.53. The molecule has 2 atom stereocenters. The molecule has 0 aliphatic carbocycles. The van der Waals surface area contributed by atoms with Crippen LogP contribution in [-0.4, -0.2) is 28.5 Å². The van der Waals surface area contributed by atoms with Gasteiger partial charge < -0.3 is 9.64 Å². The molecule has 0 N–H and O–H groups in total. The topological polar surface area (TPSA) is 29.5 Å². The van der Waals surface area contributed by atoms with Crippen LogP contribution in [0.3, 0.4) is 0 Å². The number of carbonyl (C=O) groups excluding carboxylic acids is 1. The van der Waals surface area contributed by atoms with Crippen LogP contribution in [0.15, 0.2) is 36.4 Å². The normalized spacial score (nSPS) is 25.1. The zero-order valence-electron chi connectivity index (χ0n) is 10.7. The first-order valence-electron chi connectivity index (χ1n) is 6.40. The van der Waals surface area contributed by atoms with Gasteiger partial charge in [-0.1, -0.05) is 36.5 Å². The van der Waals surface area contributed by atoms with E-state index in [1.54, 1.807) is 0 Å². The maximum Gasteiger partial charge on any atom is 0.331 e. The summed E-state index contributed by atoms with van der Waals surface area (Å²) in [5.74, 6) is -0.268. The van der Waals surface area contributed by atoms with Gasteiger partial charge in [0, 0.05) is 12.6 Å². The van der Waals surface area contributed by atoms with Crippen LogP contribution in [0, 0.1) is 0 Å². The van der Waals surface area contributed by atoms with Crippen LogP contribution in [0.5, 0.6) is 0 Å². The monoisotopic (exact) mass is 273 g/mol. The van der Waals surface area contributed by atoms with Crippen LogP contribution < -0.4 is 0 Å². The molecule has 0 bridgehead atoms. The lowest BCUT2D eigenvalue weighted by molar-refractivity contribution is -0.140. The van der Waals surface area contributed by atoms with Crippen molar-refractivity contribution in [3.8, 4) is 0 Å². The summed E-state index contributed by atoms with van der Waals surface area (Å²) in [6.45, 7) is 2.80. The molecule has 0 fully saturated rings. The second kappa shape index (κ2) is 4.78. The van der Waals surface area contributed by atoms with Crippen molar-refractivity contribution in [2.24, 2.45) is 0 Å². The first-order chi connectivity index (χ1) is 9.16. The molecular formula is C15H15NO2S. The summed E-state index contributed by atoms with van der Waals surface area (Å²) in [4.78, 5) is 14.3. The summed E-state index contributed by atoms with van der Waals surface area (Å²) < 4.78 is 5.39. The van der Waals surface area contributed by atoms with Gasteiger partial charge in [-0.05, 0) is 30.5 Å². The van der Waals surface area contributed by atoms with E-state index in [9.17, 15) is 4.79 Å². The minimum Gasteiger partial charge on any atom is -0.452 e. The minimum absolute atomic E-state index is 0.00477. The highest BCUT2D eigenvalue weighted by Crippen LogP contribution is 2.35. The lowest BCUT2D eigenvalue weighted by Crippen LogP contribution is -2.43. The van der Waals surface area contributed by atoms with E-state index in [-0.39, 0.29) is 18.1 Å². The minimum atomic E-state index is -0.268. The zero-order chi connectivity index (χ0) is 13.4. The second-order valence-electron chi connectivity index (χ2n) is 4.87. The van der Waals surface area contributed by atoms with Crippen molar-refractivity contribution >= 4 is 23.2 Å². The van der Waals surface area contributed by atoms with E-state index in [0.29, 0.717) is 0 Å². The molecule has 0 saturated heterocycles. The fraction of sp³-hybridized carbons (Fsp3) is 0.333. The maximum absolute atomic E-state index is 11.3. The Balaban J connectivity index is 2.02. The highest BCUT2D eigenvalue weighted by Gasteiger charge is 2.36. The number of fused-ring (bicyclic) bond motifs is 1. The predicted molar refractivity (Wildman–Crippen MR) is 76.9 cm³/mol. The molecule has 1 aromatic carbocycles. The van der Waals surface area contributed by atoms with Gasteiger partial charge in [0.2, 0.25) is 0 Å². The third-order valence-corrected chi connectivity index (χ3v) is 3.96. The molecule has 0 saturated carbocycles. The van der Waals surface area contributed by atoms with Crippen LogP contribution >= 0.6 is 12.2 Å². The molecule has 3 rings (SSSR count). The van der Waals surface area contributed by atoms with Crippen LogP contribution in [0.1, 0.15) is 24.1 Å². The highest BCUT2D eigenvalue weighted by atomic mass is 32.1. The fourth-order valence-electron chi connectivity index (χ4n) is 2.86. The summed E-state index contributed by atoms with van der Waals surface area (Å²) >= 11 is 5.35. The summed E-state index contributed by atoms with van der Waals surface area (Å²) in [6, 6.07) is 8.31. The molecule has 98 valence electrons. The number of cyclic esters (lactones) is 1. The Morgan fingerprint density at radius 3 is 2.89 bits per heavy atom. The smallest absolute Gasteiger partial charge is 0.331 e. The third-order valence-electron chi connectivity index (χ3n) is 3.72. The number of rotatable bonds is 1. The Labute approximate surface area is 117 Å². The van der Waals surface area contributed by atoms with Gasteiger partial charge in [0.25, 0.3) is 0 Å². The number of thiocarbonyl (C=S) groups is 1. The van der Waals surface area contributed by atoms with Crippen molar-refractivity contribution < 1.29 is 9.53 Å². The van der Waals surface area contributed by atoms with Crippen molar-refractivity contribution in [2.45, 2.75) is 25.5 Å². The van der Waals surface area contributed by atoms with Crippen molar-refractivity contribution in [1.82, 2.24) is 4.90 Å². The summed E-state index contributed by atoms with van der Waals surface area (Å²) in [7, 11) is 0. The fourth-order valence-corrected chi connectivity index (χ4v) is 3.07. The molecule has 2 heterocycles. The lowest BCUT2D eigenvalue weighted by atomic mass is 9.89. The first-order valence-corrected chi connectivity index (χ1v) is 6.81. The summed E-state index contributed by atoms with van der Waals surface area (Å²) in [5, 5.41) is 0. The van der Waals surface area contributed by atoms with Gasteiger partial charge in [-0.2, -0.15) is 0 Å². The number of carbonyl (C=O) groups is 1. The van der Waals surface area contributed by atoms with Gasteiger partial charge in [0.15, 0.2) is 0 Å². The van der Waals surface area contributed by atoms with E-state index < -0.39 is 0 Å². The van der Waals surface area contributed by atoms with E-state index in [1.165, 1.54) is 17.2 Å². The van der Waals surface area contributed by atoms with Crippen LogP contribution in [-0.2, 0) is 16.0 Å². The maximum atomic E-state index is 11.3. The van der Waals surface area contributed by atoms with Gasteiger partial charge in [-0.25, -0.2) is 4.79 Å². The molecule has 0 aromatic heterocycles. The lowest BCUT2D eigenvalue weighted by Gasteiger charge is -2.40. The van der Waals surface area contributed by atoms with Crippen molar-refractivity contribution in [3.63, 3.8) is 0 Å². The Bertz CT molecular complexity index is 567. The number of hydrogen-bond donors (Lipinski definition) is 0. The molecule has 3 nitrogen and oxygen atoms in total. The van der Waals surface area contributed by atoms with Crippen LogP contribution in [0.25, 0.3) is 0 Å². The quantitative estimate of drug-likeness (QED) is 0.580. The molecule has 2 aliphatic heterocycles. The van der Waals surface area contributed by atoms with Gasteiger partial charge >= 0.3 is 5.97 Å². The summed E-state index contributed by atoms with van der Waals surface area (Å²) in [6.07, 6.45) is 4.07. The number of ether oxygens (including phenoxy) is 1. The van der Waals surface area contributed by atoms with Crippen LogP contribution in [0.4, 0.5) is 0 Å². The highest BCUT2D eigenvalue weighted by molar-refractivity contribution is 7.80. The van der Waals surface area contributed by atoms with Gasteiger partial charge in [-0.3, -0.25) is 0 Å². The Hall–Kier alpha value is -1.68. The van der Waals surface area contributed by atoms with Gasteiger partial charge in [-0.15, -0.1) is 0 Å². The number of esters is 1. The van der Waals surface area contributed by atoms with E-state index in [4.69, 9.17) is 17.0 Å². The third kappa shape index (κ3) is 2.16. The van der Waals surface area contributed by atoms with E-state index >= 15 is 0 Å². The molecule has 1 aromatic rings. The predicted octanol–water partition coefficient (Wildman–Crippen LogP) is 2.41. The molecule has 2 aliphatic rings. The second-order valence-corrected chi connectivity index (χ2v) is 5.46. The molecule has 19 heavy (non-hydrogen) atoms. The largest absolute Gasteiger partial charge is 0.452 e. The molecule has 0 amide bonds. The number of nitrogens with zero attached hydrogens (tertiary/aromatic N) is 1. The first kappa shape index (κ1) is 12.4.